The summed E-state index contributed by atoms with van der Waals surface area (Å²) in [4.78, 5) is 0. The second-order valence-electron chi connectivity index (χ2n) is 12.8. The minimum absolute atomic E-state index is 0.909. The van der Waals surface area contributed by atoms with Crippen LogP contribution in [0, 0.1) is 0 Å². The Hall–Kier alpha value is -6.38. The van der Waals surface area contributed by atoms with Crippen LogP contribution < -0.4 is 0 Å². The van der Waals surface area contributed by atoms with E-state index in [1.807, 2.05) is 12.1 Å². The molecule has 2 heteroatoms. The quantitative estimate of drug-likeness (QED) is 0.147. The van der Waals surface area contributed by atoms with Gasteiger partial charge in [-0.05, 0) is 102 Å². The smallest absolute Gasteiger partial charge is 0.136 e. The zero-order chi connectivity index (χ0) is 31.3. The van der Waals surface area contributed by atoms with Crippen LogP contribution in [0.2, 0.25) is 0 Å². The summed E-state index contributed by atoms with van der Waals surface area (Å²) in [5.41, 5.74) is 11.0. The van der Waals surface area contributed by atoms with E-state index in [0.717, 1.165) is 33.1 Å². The van der Waals surface area contributed by atoms with Gasteiger partial charge in [-0.1, -0.05) is 121 Å². The normalized spacial score (nSPS) is 12.2. The van der Waals surface area contributed by atoms with Gasteiger partial charge in [-0.2, -0.15) is 0 Å². The van der Waals surface area contributed by atoms with Crippen LogP contribution in [-0.2, 0) is 0 Å². The Bertz CT molecular complexity index is 3010. The molecule has 0 atom stereocenters. The van der Waals surface area contributed by atoms with Crippen LogP contribution in [0.1, 0.15) is 0 Å². The maximum absolute atomic E-state index is 6.34. The lowest BCUT2D eigenvalue weighted by Crippen LogP contribution is -1.92. The number of furan rings is 2. The number of rotatable bonds is 3. The van der Waals surface area contributed by atoms with Crippen molar-refractivity contribution in [1.29, 1.82) is 0 Å². The summed E-state index contributed by atoms with van der Waals surface area (Å²) in [6.07, 6.45) is 0. The van der Waals surface area contributed by atoms with Crippen molar-refractivity contribution < 1.29 is 8.83 Å². The van der Waals surface area contributed by atoms with E-state index in [-0.39, 0.29) is 0 Å². The van der Waals surface area contributed by atoms with Gasteiger partial charge in [-0.25, -0.2) is 0 Å². The summed E-state index contributed by atoms with van der Waals surface area (Å²) in [6, 6.07) is 56.7. The molecule has 48 heavy (non-hydrogen) atoms. The van der Waals surface area contributed by atoms with E-state index in [1.165, 1.54) is 76.5 Å². The van der Waals surface area contributed by atoms with Crippen molar-refractivity contribution in [2.45, 2.75) is 0 Å². The molecule has 11 rings (SSSR count). The van der Waals surface area contributed by atoms with Gasteiger partial charge in [-0.3, -0.25) is 0 Å². The zero-order valence-corrected chi connectivity index (χ0v) is 25.8. The van der Waals surface area contributed by atoms with Gasteiger partial charge < -0.3 is 8.83 Å². The minimum Gasteiger partial charge on any atom is -0.456 e. The average Bonchev–Trinajstić information content (AvgIpc) is 3.72. The summed E-state index contributed by atoms with van der Waals surface area (Å²) in [5.74, 6) is 0. The molecular weight excluding hydrogens is 585 g/mol. The largest absolute Gasteiger partial charge is 0.456 e. The van der Waals surface area contributed by atoms with Gasteiger partial charge in [0.15, 0.2) is 0 Å². The van der Waals surface area contributed by atoms with Gasteiger partial charge in [0.05, 0.1) is 0 Å². The second-order valence-corrected chi connectivity index (χ2v) is 12.8. The Balaban J connectivity index is 1.20. The number of fused-ring (bicyclic) bond motifs is 5. The van der Waals surface area contributed by atoms with Crippen LogP contribution in [0.15, 0.2) is 167 Å². The highest BCUT2D eigenvalue weighted by Crippen LogP contribution is 2.48. The summed E-state index contributed by atoms with van der Waals surface area (Å²) < 4.78 is 12.6. The van der Waals surface area contributed by atoms with Crippen molar-refractivity contribution in [2.24, 2.45) is 0 Å². The molecule has 0 fully saturated rings. The molecule has 11 aromatic rings. The first-order valence-electron chi connectivity index (χ1n) is 16.4. The third-order valence-electron chi connectivity index (χ3n) is 10.2. The van der Waals surface area contributed by atoms with E-state index >= 15 is 0 Å². The second kappa shape index (κ2) is 9.57. The van der Waals surface area contributed by atoms with E-state index in [0.29, 0.717) is 0 Å². The molecular formula is C46H26O2. The molecule has 9 aromatic carbocycles. The molecule has 0 aliphatic carbocycles. The van der Waals surface area contributed by atoms with Crippen LogP contribution in [0.3, 0.4) is 0 Å². The summed E-state index contributed by atoms with van der Waals surface area (Å²) >= 11 is 0. The molecule has 0 bridgehead atoms. The Morgan fingerprint density at radius 2 is 0.875 bits per heavy atom. The molecule has 0 saturated heterocycles. The van der Waals surface area contributed by atoms with Crippen molar-refractivity contribution in [1.82, 2.24) is 0 Å². The molecule has 0 saturated carbocycles. The van der Waals surface area contributed by atoms with E-state index in [1.54, 1.807) is 0 Å². The van der Waals surface area contributed by atoms with E-state index in [2.05, 4.69) is 146 Å². The van der Waals surface area contributed by atoms with Crippen LogP contribution in [-0.4, -0.2) is 0 Å². The fraction of sp³-hybridized carbons (Fsp3) is 0. The monoisotopic (exact) mass is 610 g/mol. The van der Waals surface area contributed by atoms with Gasteiger partial charge >= 0.3 is 0 Å². The van der Waals surface area contributed by atoms with Crippen LogP contribution in [0.5, 0.6) is 0 Å². The molecule has 0 radical (unpaired) electrons. The van der Waals surface area contributed by atoms with Gasteiger partial charge in [0.2, 0.25) is 0 Å². The van der Waals surface area contributed by atoms with Crippen molar-refractivity contribution in [3.8, 4) is 33.4 Å². The van der Waals surface area contributed by atoms with E-state index < -0.39 is 0 Å². The topological polar surface area (TPSA) is 26.3 Å². The minimum atomic E-state index is 0.909. The van der Waals surface area contributed by atoms with Crippen molar-refractivity contribution in [3.63, 3.8) is 0 Å². The number of hydrogen-bond acceptors (Lipinski definition) is 2. The molecule has 0 aliphatic rings. The molecule has 0 spiro atoms. The first-order chi connectivity index (χ1) is 23.8. The first-order valence-corrected chi connectivity index (χ1v) is 16.4. The molecule has 2 aromatic heterocycles. The molecule has 0 amide bonds. The van der Waals surface area contributed by atoms with Gasteiger partial charge in [0.1, 0.15) is 22.3 Å². The molecule has 222 valence electrons. The SMILES string of the molecule is c1cc(-c2c3ccccc3c(-c3ccc4oc5cccc6ccc3c4c65)c3ccccc23)cc(-c2cccc3oc4ccccc4c23)c1. The molecule has 0 unspecified atom stereocenters. The van der Waals surface area contributed by atoms with Crippen LogP contribution in [0.25, 0.3) is 110 Å². The summed E-state index contributed by atoms with van der Waals surface area (Å²) in [7, 11) is 0. The Labute approximate surface area is 275 Å². The Morgan fingerprint density at radius 3 is 1.67 bits per heavy atom. The predicted molar refractivity (Wildman–Crippen MR) is 201 cm³/mol. The molecule has 2 nitrogen and oxygen atoms in total. The number of benzene rings is 9. The molecule has 0 N–H and O–H groups in total. The van der Waals surface area contributed by atoms with Gasteiger partial charge in [0.25, 0.3) is 0 Å². The molecule has 0 aliphatic heterocycles. The fourth-order valence-corrected chi connectivity index (χ4v) is 8.25. The van der Waals surface area contributed by atoms with Crippen LogP contribution in [0.4, 0.5) is 0 Å². The standard InChI is InChI=1S/C46H26O2/c1-3-15-33-31(13-1)42(29-12-7-11-28(26-29)30-18-9-21-40-45(30)37-17-5-6-19-38(37)47-40)32-14-2-4-16-34(32)44(33)35-24-25-41-46-36(35)23-22-27-10-8-20-39(48-41)43(27)46/h1-26H. The van der Waals surface area contributed by atoms with Gasteiger partial charge in [0, 0.05) is 21.5 Å². The highest BCUT2D eigenvalue weighted by molar-refractivity contribution is 6.28. The third kappa shape index (κ3) is 3.46. The van der Waals surface area contributed by atoms with Crippen LogP contribution >= 0.6 is 0 Å². The Morgan fingerprint density at radius 1 is 0.292 bits per heavy atom. The first kappa shape index (κ1) is 25.8. The van der Waals surface area contributed by atoms with Crippen molar-refractivity contribution in [3.05, 3.63) is 158 Å². The predicted octanol–water partition coefficient (Wildman–Crippen LogP) is 13.4. The highest BCUT2D eigenvalue weighted by atomic mass is 16.3. The maximum Gasteiger partial charge on any atom is 0.136 e. The number of hydrogen-bond donors (Lipinski definition) is 0. The zero-order valence-electron chi connectivity index (χ0n) is 25.8. The lowest BCUT2D eigenvalue weighted by molar-refractivity contribution is 0.669. The fourth-order valence-electron chi connectivity index (χ4n) is 8.25. The highest BCUT2D eigenvalue weighted by Gasteiger charge is 2.21. The number of para-hydroxylation sites is 1. The van der Waals surface area contributed by atoms with Crippen molar-refractivity contribution in [2.75, 3.05) is 0 Å². The average molecular weight is 611 g/mol. The molecule has 2 heterocycles. The third-order valence-corrected chi connectivity index (χ3v) is 10.2. The van der Waals surface area contributed by atoms with Crippen molar-refractivity contribution >= 4 is 76.2 Å². The van der Waals surface area contributed by atoms with E-state index in [9.17, 15) is 0 Å². The Kier molecular flexibility index (Phi) is 5.14. The lowest BCUT2D eigenvalue weighted by atomic mass is 9.84. The van der Waals surface area contributed by atoms with E-state index in [4.69, 9.17) is 8.83 Å². The summed E-state index contributed by atoms with van der Waals surface area (Å²) in [6.45, 7) is 0. The van der Waals surface area contributed by atoms with Gasteiger partial charge in [-0.15, -0.1) is 0 Å². The summed E-state index contributed by atoms with van der Waals surface area (Å²) in [5, 5.41) is 12.1. The maximum atomic E-state index is 6.34. The lowest BCUT2D eigenvalue weighted by Gasteiger charge is -2.19.